The minimum Gasteiger partial charge on any atom is -0.497 e. The number of nitrogens with one attached hydrogen (secondary N) is 1. The topological polar surface area (TPSA) is 92.3 Å². The van der Waals surface area contributed by atoms with Crippen molar-refractivity contribution in [1.82, 2.24) is 0 Å². The summed E-state index contributed by atoms with van der Waals surface area (Å²) < 4.78 is 25.9. The maximum absolute atomic E-state index is 12.0. The highest BCUT2D eigenvalue weighted by molar-refractivity contribution is 5.93. The van der Waals surface area contributed by atoms with Crippen molar-refractivity contribution in [3.05, 3.63) is 42.0 Å². The van der Waals surface area contributed by atoms with Crippen LogP contribution in [-0.2, 0) is 20.7 Å². The van der Waals surface area contributed by atoms with E-state index in [1.54, 1.807) is 38.5 Å². The molecule has 2 aromatic rings. The fraction of sp³-hybridized carbons (Fsp3) is 0.300. The van der Waals surface area contributed by atoms with Gasteiger partial charge in [-0.2, -0.15) is 0 Å². The molecule has 3 rings (SSSR count). The molecule has 0 fully saturated rings. The molecule has 8 nitrogen and oxygen atoms in total. The molecular weight excluding hydrogens is 366 g/mol. The Morgan fingerprint density at radius 1 is 1.00 bits per heavy atom. The number of esters is 1. The monoisotopic (exact) mass is 387 g/mol. The first-order chi connectivity index (χ1) is 13.6. The predicted octanol–water partition coefficient (Wildman–Crippen LogP) is 2.55. The number of benzene rings is 2. The van der Waals surface area contributed by atoms with Gasteiger partial charge in [-0.1, -0.05) is 0 Å². The Hall–Kier alpha value is -3.42. The van der Waals surface area contributed by atoms with Gasteiger partial charge in [0, 0.05) is 24.2 Å². The normalized spacial score (nSPS) is 11.6. The SMILES string of the molecule is COc1cc(CCC(=O)OCC(=O)Nc2ccc3c(c2)OCO3)cc(OC)c1. The Labute approximate surface area is 162 Å². The molecule has 1 N–H and O–H groups in total. The van der Waals surface area contributed by atoms with Gasteiger partial charge in [-0.05, 0) is 36.2 Å². The third kappa shape index (κ3) is 5.06. The number of methoxy groups -OCH3 is 2. The molecule has 0 atom stereocenters. The molecule has 1 aliphatic heterocycles. The van der Waals surface area contributed by atoms with Crippen molar-refractivity contribution in [2.45, 2.75) is 12.8 Å². The number of carbonyl (C=O) groups excluding carboxylic acids is 2. The van der Waals surface area contributed by atoms with Crippen LogP contribution in [0, 0.1) is 0 Å². The quantitative estimate of drug-likeness (QED) is 0.696. The summed E-state index contributed by atoms with van der Waals surface area (Å²) in [4.78, 5) is 23.9. The van der Waals surface area contributed by atoms with Gasteiger partial charge in [0.1, 0.15) is 11.5 Å². The lowest BCUT2D eigenvalue weighted by Crippen LogP contribution is -2.21. The number of fused-ring (bicyclic) bond motifs is 1. The van der Waals surface area contributed by atoms with E-state index in [0.717, 1.165) is 5.56 Å². The number of hydrogen-bond donors (Lipinski definition) is 1. The molecule has 0 saturated heterocycles. The zero-order chi connectivity index (χ0) is 19.9. The van der Waals surface area contributed by atoms with Crippen molar-refractivity contribution in [2.75, 3.05) is 32.9 Å². The highest BCUT2D eigenvalue weighted by Gasteiger charge is 2.15. The van der Waals surface area contributed by atoms with Crippen LogP contribution in [0.5, 0.6) is 23.0 Å². The van der Waals surface area contributed by atoms with Gasteiger partial charge < -0.3 is 29.0 Å². The van der Waals surface area contributed by atoms with Crippen LogP contribution in [-0.4, -0.2) is 39.5 Å². The first kappa shape index (κ1) is 19.3. The number of rotatable bonds is 8. The molecule has 2 aromatic carbocycles. The molecule has 1 heterocycles. The zero-order valence-electron chi connectivity index (χ0n) is 15.7. The zero-order valence-corrected chi connectivity index (χ0v) is 15.7. The molecule has 0 radical (unpaired) electrons. The van der Waals surface area contributed by atoms with Crippen molar-refractivity contribution in [3.8, 4) is 23.0 Å². The molecule has 1 aliphatic rings. The number of anilines is 1. The Kier molecular flexibility index (Phi) is 6.21. The van der Waals surface area contributed by atoms with Gasteiger partial charge in [0.05, 0.1) is 14.2 Å². The summed E-state index contributed by atoms with van der Waals surface area (Å²) in [5.74, 6) is 1.57. The van der Waals surface area contributed by atoms with Crippen LogP contribution in [0.15, 0.2) is 36.4 Å². The van der Waals surface area contributed by atoms with Crippen LogP contribution in [0.2, 0.25) is 0 Å². The summed E-state index contributed by atoms with van der Waals surface area (Å²) >= 11 is 0. The second-order valence-electron chi connectivity index (χ2n) is 6.00. The first-order valence-electron chi connectivity index (χ1n) is 8.64. The fourth-order valence-electron chi connectivity index (χ4n) is 2.65. The van der Waals surface area contributed by atoms with Gasteiger partial charge in [0.25, 0.3) is 5.91 Å². The second kappa shape index (κ2) is 8.98. The van der Waals surface area contributed by atoms with Crippen molar-refractivity contribution in [2.24, 2.45) is 0 Å². The van der Waals surface area contributed by atoms with Gasteiger partial charge in [-0.3, -0.25) is 9.59 Å². The smallest absolute Gasteiger partial charge is 0.306 e. The molecule has 0 aliphatic carbocycles. The average molecular weight is 387 g/mol. The van der Waals surface area contributed by atoms with Gasteiger partial charge in [-0.15, -0.1) is 0 Å². The van der Waals surface area contributed by atoms with E-state index in [1.165, 1.54) is 0 Å². The number of amides is 1. The maximum atomic E-state index is 12.0. The minimum atomic E-state index is -0.470. The number of carbonyl (C=O) groups is 2. The number of ether oxygens (including phenoxy) is 5. The van der Waals surface area contributed by atoms with E-state index in [0.29, 0.717) is 35.1 Å². The van der Waals surface area contributed by atoms with Gasteiger partial charge >= 0.3 is 5.97 Å². The molecule has 8 heteroatoms. The van der Waals surface area contributed by atoms with E-state index in [4.69, 9.17) is 23.7 Å². The molecule has 0 spiro atoms. The Balaban J connectivity index is 1.44. The summed E-state index contributed by atoms with van der Waals surface area (Å²) in [5.41, 5.74) is 1.41. The van der Waals surface area contributed by atoms with Gasteiger partial charge in [0.15, 0.2) is 18.1 Å². The van der Waals surface area contributed by atoms with E-state index >= 15 is 0 Å². The van der Waals surface area contributed by atoms with Crippen molar-refractivity contribution < 1.29 is 33.3 Å². The summed E-state index contributed by atoms with van der Waals surface area (Å²) in [6.07, 6.45) is 0.573. The molecule has 0 unspecified atom stereocenters. The second-order valence-corrected chi connectivity index (χ2v) is 6.00. The third-order valence-corrected chi connectivity index (χ3v) is 4.05. The molecule has 1 amide bonds. The largest absolute Gasteiger partial charge is 0.497 e. The lowest BCUT2D eigenvalue weighted by Gasteiger charge is -2.09. The lowest BCUT2D eigenvalue weighted by atomic mass is 10.1. The van der Waals surface area contributed by atoms with Crippen LogP contribution < -0.4 is 24.3 Å². The minimum absolute atomic E-state index is 0.133. The summed E-state index contributed by atoms with van der Waals surface area (Å²) in [6, 6.07) is 10.4. The van der Waals surface area contributed by atoms with Crippen LogP contribution in [0.1, 0.15) is 12.0 Å². The van der Waals surface area contributed by atoms with Crippen molar-refractivity contribution in [3.63, 3.8) is 0 Å². The van der Waals surface area contributed by atoms with Crippen LogP contribution in [0.3, 0.4) is 0 Å². The average Bonchev–Trinajstić information content (AvgIpc) is 3.18. The van der Waals surface area contributed by atoms with Crippen molar-refractivity contribution >= 4 is 17.6 Å². The third-order valence-electron chi connectivity index (χ3n) is 4.05. The van der Waals surface area contributed by atoms with E-state index in [-0.39, 0.29) is 19.8 Å². The fourth-order valence-corrected chi connectivity index (χ4v) is 2.65. The van der Waals surface area contributed by atoms with E-state index < -0.39 is 11.9 Å². The number of aryl methyl sites for hydroxylation is 1. The summed E-state index contributed by atoms with van der Waals surface area (Å²) in [5, 5.41) is 2.65. The van der Waals surface area contributed by atoms with E-state index in [1.807, 2.05) is 12.1 Å². The van der Waals surface area contributed by atoms with Crippen molar-refractivity contribution in [1.29, 1.82) is 0 Å². The van der Waals surface area contributed by atoms with Crippen LogP contribution in [0.25, 0.3) is 0 Å². The summed E-state index contributed by atoms with van der Waals surface area (Å²) in [6.45, 7) is -0.210. The molecule has 0 saturated carbocycles. The molecular formula is C20H21NO7. The highest BCUT2D eigenvalue weighted by Crippen LogP contribution is 2.34. The molecule has 0 aromatic heterocycles. The number of hydrogen-bond acceptors (Lipinski definition) is 7. The van der Waals surface area contributed by atoms with Gasteiger partial charge in [-0.25, -0.2) is 0 Å². The Morgan fingerprint density at radius 2 is 1.71 bits per heavy atom. The maximum Gasteiger partial charge on any atom is 0.306 e. The Morgan fingerprint density at radius 3 is 2.43 bits per heavy atom. The van der Waals surface area contributed by atoms with Crippen LogP contribution in [0.4, 0.5) is 5.69 Å². The molecule has 148 valence electrons. The van der Waals surface area contributed by atoms with E-state index in [9.17, 15) is 9.59 Å². The Bertz CT molecular complexity index is 843. The molecule has 28 heavy (non-hydrogen) atoms. The van der Waals surface area contributed by atoms with E-state index in [2.05, 4.69) is 5.32 Å². The van der Waals surface area contributed by atoms with Gasteiger partial charge in [0.2, 0.25) is 6.79 Å². The summed E-state index contributed by atoms with van der Waals surface area (Å²) in [7, 11) is 3.12. The first-order valence-corrected chi connectivity index (χ1v) is 8.64. The highest BCUT2D eigenvalue weighted by atomic mass is 16.7. The predicted molar refractivity (Wildman–Crippen MR) is 100 cm³/mol. The van der Waals surface area contributed by atoms with Crippen LogP contribution >= 0.6 is 0 Å². The lowest BCUT2D eigenvalue weighted by molar-refractivity contribution is -0.147. The standard InChI is InChI=1S/C20H21NO7/c1-24-15-7-13(8-16(10-15)25-2)3-6-20(23)26-11-19(22)21-14-4-5-17-18(9-14)28-12-27-17/h4-5,7-10H,3,6,11-12H2,1-2H3,(H,21,22). The molecule has 0 bridgehead atoms.